The number of carbonyl (C=O) groups is 3. The van der Waals surface area contributed by atoms with Gasteiger partial charge < -0.3 is 10.2 Å². The van der Waals surface area contributed by atoms with E-state index in [-0.39, 0.29) is 23.6 Å². The number of nitrogens with zero attached hydrogens (tertiary/aromatic N) is 1. The van der Waals surface area contributed by atoms with Crippen LogP contribution in [0.1, 0.15) is 52.4 Å². The average Bonchev–Trinajstić information content (AvgIpc) is 2.83. The number of ketones is 1. The van der Waals surface area contributed by atoms with Crippen molar-refractivity contribution >= 4 is 17.6 Å². The second kappa shape index (κ2) is 9.32. The van der Waals surface area contributed by atoms with Crippen LogP contribution in [0.3, 0.4) is 0 Å². The summed E-state index contributed by atoms with van der Waals surface area (Å²) in [6.45, 7) is 4.84. The van der Waals surface area contributed by atoms with Gasteiger partial charge in [0.2, 0.25) is 11.8 Å². The summed E-state index contributed by atoms with van der Waals surface area (Å²) in [4.78, 5) is 36.5. The molecule has 1 heterocycles. The summed E-state index contributed by atoms with van der Waals surface area (Å²) in [6, 6.07) is -0.362. The second-order valence-corrected chi connectivity index (χ2v) is 5.52. The molecule has 1 rings (SSSR count). The number of hydrogen-bond donors (Lipinski definition) is 1. The highest BCUT2D eigenvalue weighted by atomic mass is 16.2. The third-order valence-corrected chi connectivity index (χ3v) is 3.65. The topological polar surface area (TPSA) is 66.5 Å². The first-order valence-electron chi connectivity index (χ1n) is 7.79. The number of nitrogens with one attached hydrogen (secondary N) is 1. The van der Waals surface area contributed by atoms with Gasteiger partial charge in [-0.05, 0) is 19.8 Å². The molecule has 118 valence electrons. The number of amides is 2. The van der Waals surface area contributed by atoms with Gasteiger partial charge in [-0.15, -0.1) is 0 Å². The Morgan fingerprint density at radius 1 is 1.33 bits per heavy atom. The van der Waals surface area contributed by atoms with Gasteiger partial charge in [0, 0.05) is 25.6 Å². The van der Waals surface area contributed by atoms with Crippen molar-refractivity contribution in [3.8, 4) is 0 Å². The van der Waals surface area contributed by atoms with E-state index in [1.165, 1.54) is 6.92 Å². The summed E-state index contributed by atoms with van der Waals surface area (Å²) < 4.78 is 0. The van der Waals surface area contributed by atoms with Gasteiger partial charge in [-0.3, -0.25) is 14.4 Å². The molecule has 5 nitrogen and oxygen atoms in total. The van der Waals surface area contributed by atoms with Crippen LogP contribution < -0.4 is 5.32 Å². The molecule has 0 fully saturated rings. The fourth-order valence-corrected chi connectivity index (χ4v) is 2.35. The van der Waals surface area contributed by atoms with Crippen molar-refractivity contribution in [2.45, 2.75) is 58.4 Å². The predicted octanol–water partition coefficient (Wildman–Crippen LogP) is 1.82. The minimum Gasteiger partial charge on any atom is -0.346 e. The summed E-state index contributed by atoms with van der Waals surface area (Å²) >= 11 is 0. The van der Waals surface area contributed by atoms with E-state index in [0.717, 1.165) is 19.3 Å². The van der Waals surface area contributed by atoms with Crippen molar-refractivity contribution in [1.29, 1.82) is 0 Å². The summed E-state index contributed by atoms with van der Waals surface area (Å²) in [7, 11) is 0. The fraction of sp³-hybridized carbons (Fsp3) is 0.688. The molecule has 21 heavy (non-hydrogen) atoms. The molecule has 0 radical (unpaired) electrons. The van der Waals surface area contributed by atoms with E-state index >= 15 is 0 Å². The molecule has 1 N–H and O–H groups in total. The van der Waals surface area contributed by atoms with Crippen molar-refractivity contribution in [3.05, 3.63) is 12.2 Å². The van der Waals surface area contributed by atoms with Crippen LogP contribution in [0.15, 0.2) is 12.2 Å². The molecule has 0 aromatic heterocycles. The van der Waals surface area contributed by atoms with Crippen molar-refractivity contribution in [2.24, 2.45) is 0 Å². The van der Waals surface area contributed by atoms with E-state index in [9.17, 15) is 14.4 Å². The van der Waals surface area contributed by atoms with E-state index in [4.69, 9.17) is 0 Å². The zero-order valence-electron chi connectivity index (χ0n) is 13.1. The molecule has 0 aromatic carbocycles. The van der Waals surface area contributed by atoms with Crippen LogP contribution in [0.4, 0.5) is 0 Å². The van der Waals surface area contributed by atoms with Crippen molar-refractivity contribution in [3.63, 3.8) is 0 Å². The zero-order valence-corrected chi connectivity index (χ0v) is 13.1. The van der Waals surface area contributed by atoms with Crippen LogP contribution in [0.5, 0.6) is 0 Å². The number of carbonyl (C=O) groups excluding carboxylic acids is 3. The highest BCUT2D eigenvalue weighted by Gasteiger charge is 2.17. The van der Waals surface area contributed by atoms with Crippen molar-refractivity contribution < 1.29 is 14.4 Å². The lowest BCUT2D eigenvalue weighted by molar-refractivity contribution is -0.127. The van der Waals surface area contributed by atoms with Crippen LogP contribution in [0.25, 0.3) is 0 Å². The second-order valence-electron chi connectivity index (χ2n) is 5.52. The molecule has 0 saturated carbocycles. The molecule has 0 spiro atoms. The van der Waals surface area contributed by atoms with E-state index < -0.39 is 0 Å². The molecule has 5 heteroatoms. The van der Waals surface area contributed by atoms with Crippen LogP contribution in [0.2, 0.25) is 0 Å². The van der Waals surface area contributed by atoms with Gasteiger partial charge in [-0.2, -0.15) is 0 Å². The Balaban J connectivity index is 2.23. The molecule has 2 amide bonds. The third kappa shape index (κ3) is 6.56. The molecule has 0 aliphatic carbocycles. The Morgan fingerprint density at radius 3 is 2.67 bits per heavy atom. The standard InChI is InChI=1S/C16H26N2O3/c1-3-4-5-8-14(13(2)19)17-15(20)9-6-11-18-12-7-10-16(18)21/h7,10,14H,3-6,8-9,11-12H2,1-2H3,(H,17,20)/t14-/m0/s1. The monoisotopic (exact) mass is 294 g/mol. The highest BCUT2D eigenvalue weighted by molar-refractivity contribution is 5.90. The van der Waals surface area contributed by atoms with E-state index in [1.807, 2.05) is 6.08 Å². The van der Waals surface area contributed by atoms with Crippen LogP contribution in [-0.4, -0.2) is 41.6 Å². The maximum Gasteiger partial charge on any atom is 0.246 e. The Labute approximate surface area is 126 Å². The number of unbranched alkanes of at least 4 members (excludes halogenated alkanes) is 2. The summed E-state index contributed by atoms with van der Waals surface area (Å²) in [5.74, 6) is -0.0822. The Bertz CT molecular complexity index is 404. The number of rotatable bonds is 10. The quantitative estimate of drug-likeness (QED) is 0.625. The predicted molar refractivity (Wildman–Crippen MR) is 81.7 cm³/mol. The number of Topliss-reactive ketones (excluding diaryl/α,β-unsaturated/α-hetero) is 1. The largest absolute Gasteiger partial charge is 0.346 e. The highest BCUT2D eigenvalue weighted by Crippen LogP contribution is 2.06. The lowest BCUT2D eigenvalue weighted by atomic mass is 10.0. The van der Waals surface area contributed by atoms with Crippen molar-refractivity contribution in [2.75, 3.05) is 13.1 Å². The molecule has 1 aliphatic heterocycles. The van der Waals surface area contributed by atoms with Gasteiger partial charge in [-0.1, -0.05) is 32.3 Å². The lowest BCUT2D eigenvalue weighted by Gasteiger charge is -2.17. The van der Waals surface area contributed by atoms with Gasteiger partial charge in [-0.25, -0.2) is 0 Å². The Kier molecular flexibility index (Phi) is 7.72. The van der Waals surface area contributed by atoms with E-state index in [2.05, 4.69) is 12.2 Å². The van der Waals surface area contributed by atoms with Crippen LogP contribution in [-0.2, 0) is 14.4 Å². The van der Waals surface area contributed by atoms with Crippen molar-refractivity contribution in [1.82, 2.24) is 10.2 Å². The summed E-state index contributed by atoms with van der Waals surface area (Å²) in [5.41, 5.74) is 0. The summed E-state index contributed by atoms with van der Waals surface area (Å²) in [6.07, 6.45) is 8.18. The molecule has 0 saturated heterocycles. The molecule has 0 unspecified atom stereocenters. The molecule has 0 bridgehead atoms. The Morgan fingerprint density at radius 2 is 2.10 bits per heavy atom. The molecule has 1 atom stereocenters. The van der Waals surface area contributed by atoms with Crippen LogP contribution >= 0.6 is 0 Å². The van der Waals surface area contributed by atoms with E-state index in [0.29, 0.717) is 32.4 Å². The van der Waals surface area contributed by atoms with Gasteiger partial charge >= 0.3 is 0 Å². The lowest BCUT2D eigenvalue weighted by Crippen LogP contribution is -2.40. The summed E-state index contributed by atoms with van der Waals surface area (Å²) in [5, 5.41) is 2.80. The maximum absolute atomic E-state index is 11.9. The molecular weight excluding hydrogens is 268 g/mol. The van der Waals surface area contributed by atoms with Gasteiger partial charge in [0.25, 0.3) is 0 Å². The first-order chi connectivity index (χ1) is 10.0. The number of hydrogen-bond acceptors (Lipinski definition) is 3. The minimum absolute atomic E-state index is 0.0107. The van der Waals surface area contributed by atoms with Gasteiger partial charge in [0.15, 0.2) is 5.78 Å². The minimum atomic E-state index is -0.362. The maximum atomic E-state index is 11.9. The van der Waals surface area contributed by atoms with Gasteiger partial charge in [0.05, 0.1) is 6.04 Å². The first kappa shape index (κ1) is 17.4. The SMILES string of the molecule is CCCCC[C@H](NC(=O)CCCN1CC=CC1=O)C(C)=O. The normalized spacial score (nSPS) is 15.3. The van der Waals surface area contributed by atoms with Crippen LogP contribution in [0, 0.1) is 0 Å². The van der Waals surface area contributed by atoms with E-state index in [1.54, 1.807) is 11.0 Å². The third-order valence-electron chi connectivity index (χ3n) is 3.65. The average molecular weight is 294 g/mol. The fourth-order valence-electron chi connectivity index (χ4n) is 2.35. The molecule has 1 aliphatic rings. The Hall–Kier alpha value is -1.65. The smallest absolute Gasteiger partial charge is 0.246 e. The first-order valence-corrected chi connectivity index (χ1v) is 7.79. The zero-order chi connectivity index (χ0) is 15.7. The molecular formula is C16H26N2O3. The molecule has 0 aromatic rings. The van der Waals surface area contributed by atoms with Gasteiger partial charge in [0.1, 0.15) is 0 Å².